The zero-order valence-electron chi connectivity index (χ0n) is 10.0. The topological polar surface area (TPSA) is 21.3 Å². The number of hydrogen-bond donors (Lipinski definition) is 1. The number of likely N-dealkylation sites (N-methyl/N-ethyl adjacent to an activating group) is 1. The van der Waals surface area contributed by atoms with Gasteiger partial charge in [-0.05, 0) is 38.6 Å². The van der Waals surface area contributed by atoms with Crippen LogP contribution >= 0.6 is 0 Å². The van der Waals surface area contributed by atoms with E-state index in [-0.39, 0.29) is 0 Å². The molecular formula is C13H25NO. The number of ether oxygens (including phenoxy) is 1. The van der Waals surface area contributed by atoms with E-state index in [2.05, 4.69) is 12.2 Å². The van der Waals surface area contributed by atoms with Crippen LogP contribution in [-0.4, -0.2) is 24.8 Å². The van der Waals surface area contributed by atoms with Crippen LogP contribution in [0.5, 0.6) is 0 Å². The van der Waals surface area contributed by atoms with Gasteiger partial charge in [0.1, 0.15) is 0 Å². The van der Waals surface area contributed by atoms with E-state index in [0.29, 0.717) is 18.2 Å². The lowest BCUT2D eigenvalue weighted by Crippen LogP contribution is -2.43. The summed E-state index contributed by atoms with van der Waals surface area (Å²) in [7, 11) is 0. The molecule has 0 aliphatic heterocycles. The zero-order valence-corrected chi connectivity index (χ0v) is 10.0. The molecule has 15 heavy (non-hydrogen) atoms. The average Bonchev–Trinajstić information content (AvgIpc) is 2.38. The summed E-state index contributed by atoms with van der Waals surface area (Å²) in [6, 6.07) is 0.623. The zero-order chi connectivity index (χ0) is 10.5. The molecule has 0 aromatic heterocycles. The van der Waals surface area contributed by atoms with Gasteiger partial charge in [-0.3, -0.25) is 0 Å². The number of nitrogens with one attached hydrogen (secondary N) is 1. The normalized spacial score (nSPS) is 33.4. The summed E-state index contributed by atoms with van der Waals surface area (Å²) in [5, 5.41) is 3.60. The molecule has 2 nitrogen and oxygen atoms in total. The third-order valence-electron chi connectivity index (χ3n) is 3.84. The van der Waals surface area contributed by atoms with Gasteiger partial charge in [-0.15, -0.1) is 0 Å². The summed E-state index contributed by atoms with van der Waals surface area (Å²) in [6.45, 7) is 3.28. The second-order valence-corrected chi connectivity index (χ2v) is 5.03. The van der Waals surface area contributed by atoms with E-state index >= 15 is 0 Å². The van der Waals surface area contributed by atoms with Crippen molar-refractivity contribution in [3.63, 3.8) is 0 Å². The van der Waals surface area contributed by atoms with E-state index in [0.717, 1.165) is 6.54 Å². The molecule has 2 aliphatic rings. The molecule has 2 atom stereocenters. The fourth-order valence-corrected chi connectivity index (χ4v) is 2.69. The van der Waals surface area contributed by atoms with Crippen molar-refractivity contribution in [1.29, 1.82) is 0 Å². The molecule has 2 unspecified atom stereocenters. The molecule has 0 amide bonds. The Bertz CT molecular complexity index is 179. The van der Waals surface area contributed by atoms with Crippen LogP contribution in [0.3, 0.4) is 0 Å². The van der Waals surface area contributed by atoms with Crippen LogP contribution in [0.1, 0.15) is 58.3 Å². The molecule has 2 rings (SSSR count). The van der Waals surface area contributed by atoms with Crippen LogP contribution in [0.15, 0.2) is 0 Å². The van der Waals surface area contributed by atoms with Crippen molar-refractivity contribution in [1.82, 2.24) is 5.32 Å². The highest BCUT2D eigenvalue weighted by Crippen LogP contribution is 2.28. The Balaban J connectivity index is 1.83. The Morgan fingerprint density at radius 2 is 1.80 bits per heavy atom. The van der Waals surface area contributed by atoms with Gasteiger partial charge < -0.3 is 10.1 Å². The maximum absolute atomic E-state index is 6.21. The molecule has 0 aromatic rings. The van der Waals surface area contributed by atoms with Crippen molar-refractivity contribution >= 4 is 0 Å². The Kier molecular flexibility index (Phi) is 4.45. The third kappa shape index (κ3) is 3.18. The van der Waals surface area contributed by atoms with Gasteiger partial charge in [0.2, 0.25) is 0 Å². The van der Waals surface area contributed by atoms with E-state index in [1.807, 2.05) is 0 Å². The molecule has 2 aliphatic carbocycles. The molecule has 0 heterocycles. The minimum Gasteiger partial charge on any atom is -0.373 e. The lowest BCUT2D eigenvalue weighted by molar-refractivity contribution is -0.0682. The summed E-state index contributed by atoms with van der Waals surface area (Å²) < 4.78 is 6.21. The summed E-state index contributed by atoms with van der Waals surface area (Å²) in [5.74, 6) is 0. The van der Waals surface area contributed by atoms with Gasteiger partial charge in [0, 0.05) is 6.04 Å². The molecule has 0 bridgehead atoms. The molecule has 0 radical (unpaired) electrons. The SMILES string of the molecule is CCNC1CCCCCC1OC1CCC1. The average molecular weight is 211 g/mol. The molecule has 0 spiro atoms. The first kappa shape index (κ1) is 11.4. The first-order chi connectivity index (χ1) is 7.40. The van der Waals surface area contributed by atoms with Gasteiger partial charge in [0.25, 0.3) is 0 Å². The van der Waals surface area contributed by atoms with Gasteiger partial charge in [-0.2, -0.15) is 0 Å². The molecule has 0 aromatic carbocycles. The summed E-state index contributed by atoms with van der Waals surface area (Å²) in [6.07, 6.45) is 11.8. The highest BCUT2D eigenvalue weighted by Gasteiger charge is 2.28. The quantitative estimate of drug-likeness (QED) is 0.722. The van der Waals surface area contributed by atoms with Crippen molar-refractivity contribution in [2.24, 2.45) is 0 Å². The summed E-state index contributed by atoms with van der Waals surface area (Å²) in [5.41, 5.74) is 0. The first-order valence-corrected chi connectivity index (χ1v) is 6.79. The smallest absolute Gasteiger partial charge is 0.0731 e. The van der Waals surface area contributed by atoms with Gasteiger partial charge in [0.05, 0.1) is 12.2 Å². The van der Waals surface area contributed by atoms with Gasteiger partial charge >= 0.3 is 0 Å². The Morgan fingerprint density at radius 1 is 1.00 bits per heavy atom. The second-order valence-electron chi connectivity index (χ2n) is 5.03. The largest absolute Gasteiger partial charge is 0.373 e. The minimum absolute atomic E-state index is 0.498. The number of rotatable bonds is 4. The van der Waals surface area contributed by atoms with Crippen molar-refractivity contribution in [2.45, 2.75) is 76.5 Å². The summed E-state index contributed by atoms with van der Waals surface area (Å²) >= 11 is 0. The van der Waals surface area contributed by atoms with E-state index in [9.17, 15) is 0 Å². The minimum atomic E-state index is 0.498. The van der Waals surface area contributed by atoms with E-state index in [4.69, 9.17) is 4.74 Å². The lowest BCUT2D eigenvalue weighted by atomic mass is 9.95. The Hall–Kier alpha value is -0.0800. The molecule has 88 valence electrons. The molecule has 0 saturated heterocycles. The molecule has 2 saturated carbocycles. The van der Waals surface area contributed by atoms with Gasteiger partial charge in [0.15, 0.2) is 0 Å². The van der Waals surface area contributed by atoms with E-state index in [1.54, 1.807) is 0 Å². The van der Waals surface area contributed by atoms with E-state index < -0.39 is 0 Å². The van der Waals surface area contributed by atoms with Crippen molar-refractivity contribution in [2.75, 3.05) is 6.54 Å². The lowest BCUT2D eigenvalue weighted by Gasteiger charge is -2.34. The van der Waals surface area contributed by atoms with Crippen molar-refractivity contribution in [3.8, 4) is 0 Å². The fraction of sp³-hybridized carbons (Fsp3) is 1.00. The van der Waals surface area contributed by atoms with Crippen LogP contribution in [0.2, 0.25) is 0 Å². The number of hydrogen-bond acceptors (Lipinski definition) is 2. The maximum atomic E-state index is 6.21. The fourth-order valence-electron chi connectivity index (χ4n) is 2.69. The standard InChI is InChI=1S/C13H25NO/c1-2-14-12-9-4-3-5-10-13(12)15-11-7-6-8-11/h11-14H,2-10H2,1H3. The third-order valence-corrected chi connectivity index (χ3v) is 3.84. The van der Waals surface area contributed by atoms with Gasteiger partial charge in [-0.1, -0.05) is 26.2 Å². The van der Waals surface area contributed by atoms with Crippen LogP contribution < -0.4 is 5.32 Å². The van der Waals surface area contributed by atoms with Crippen LogP contribution in [0, 0.1) is 0 Å². The predicted octanol–water partition coefficient (Wildman–Crippen LogP) is 2.87. The summed E-state index contributed by atoms with van der Waals surface area (Å²) in [4.78, 5) is 0. The highest BCUT2D eigenvalue weighted by atomic mass is 16.5. The molecule has 2 heteroatoms. The molecule has 1 N–H and O–H groups in total. The molecular weight excluding hydrogens is 186 g/mol. The van der Waals surface area contributed by atoms with E-state index in [1.165, 1.54) is 51.4 Å². The predicted molar refractivity (Wildman–Crippen MR) is 63.1 cm³/mol. The van der Waals surface area contributed by atoms with Crippen molar-refractivity contribution in [3.05, 3.63) is 0 Å². The Morgan fingerprint density at radius 3 is 2.47 bits per heavy atom. The van der Waals surface area contributed by atoms with Crippen LogP contribution in [0.25, 0.3) is 0 Å². The Labute approximate surface area is 93.8 Å². The van der Waals surface area contributed by atoms with Gasteiger partial charge in [-0.25, -0.2) is 0 Å². The van der Waals surface area contributed by atoms with Crippen LogP contribution in [0.4, 0.5) is 0 Å². The monoisotopic (exact) mass is 211 g/mol. The van der Waals surface area contributed by atoms with Crippen LogP contribution in [-0.2, 0) is 4.74 Å². The first-order valence-electron chi connectivity index (χ1n) is 6.79. The van der Waals surface area contributed by atoms with Crippen molar-refractivity contribution < 1.29 is 4.74 Å². The second kappa shape index (κ2) is 5.86. The molecule has 2 fully saturated rings. The maximum Gasteiger partial charge on any atom is 0.0731 e. The highest BCUT2D eigenvalue weighted by molar-refractivity contribution is 4.82.